The van der Waals surface area contributed by atoms with Gasteiger partial charge in [0.25, 0.3) is 0 Å². The molecular weight excluding hydrogens is 300 g/mol. The maximum atomic E-state index is 12.9. The summed E-state index contributed by atoms with van der Waals surface area (Å²) >= 11 is 0. The van der Waals surface area contributed by atoms with Crippen molar-refractivity contribution in [1.82, 2.24) is 10.2 Å². The molecule has 2 N–H and O–H groups in total. The maximum Gasteiger partial charge on any atom is 0.228 e. The minimum atomic E-state index is -0.330. The largest absolute Gasteiger partial charge is 0.393 e. The Labute approximate surface area is 147 Å². The monoisotopic (exact) mass is 336 g/mol. The van der Waals surface area contributed by atoms with Crippen molar-refractivity contribution in [1.29, 1.82) is 0 Å². The summed E-state index contributed by atoms with van der Waals surface area (Å²) in [4.78, 5) is 14.9. The van der Waals surface area contributed by atoms with Crippen LogP contribution in [-0.4, -0.2) is 48.2 Å². The summed E-state index contributed by atoms with van der Waals surface area (Å²) in [5.74, 6) is 0.264. The van der Waals surface area contributed by atoms with E-state index in [0.717, 1.165) is 51.6 Å². The van der Waals surface area contributed by atoms with Gasteiger partial charge in [0.2, 0.25) is 5.91 Å². The summed E-state index contributed by atoms with van der Waals surface area (Å²) < 4.78 is 0. The van der Waals surface area contributed by atoms with Crippen molar-refractivity contribution in [3.63, 3.8) is 0 Å². The van der Waals surface area contributed by atoms with Crippen LogP contribution in [-0.2, 0) is 4.79 Å². The number of aliphatic hydroxyl groups is 1. The van der Waals surface area contributed by atoms with Crippen molar-refractivity contribution in [2.24, 2.45) is 10.8 Å². The topological polar surface area (TPSA) is 52.6 Å². The van der Waals surface area contributed by atoms with Crippen molar-refractivity contribution in [2.75, 3.05) is 20.1 Å². The van der Waals surface area contributed by atoms with E-state index < -0.39 is 0 Å². The Morgan fingerprint density at radius 1 is 1.29 bits per heavy atom. The first-order chi connectivity index (χ1) is 11.1. The molecule has 1 heterocycles. The predicted molar refractivity (Wildman–Crippen MR) is 98.8 cm³/mol. The van der Waals surface area contributed by atoms with Crippen LogP contribution in [0.1, 0.15) is 66.2 Å². The highest BCUT2D eigenvalue weighted by Gasteiger charge is 2.36. The Bertz CT molecular complexity index is 476. The third kappa shape index (κ3) is 4.60. The minimum absolute atomic E-state index is 0.102. The Morgan fingerprint density at radius 3 is 2.54 bits per heavy atom. The van der Waals surface area contributed by atoms with E-state index in [0.29, 0.717) is 6.04 Å². The number of nitrogens with one attached hydrogen (secondary N) is 1. The fourth-order valence-electron chi connectivity index (χ4n) is 3.94. The average Bonchev–Trinajstić information content (AvgIpc) is 3.06. The van der Waals surface area contributed by atoms with Gasteiger partial charge in [0.1, 0.15) is 0 Å². The molecule has 2 atom stereocenters. The fourth-order valence-corrected chi connectivity index (χ4v) is 3.94. The van der Waals surface area contributed by atoms with Gasteiger partial charge in [0.05, 0.1) is 6.10 Å². The minimum Gasteiger partial charge on any atom is -0.393 e. The first-order valence-corrected chi connectivity index (χ1v) is 9.49. The van der Waals surface area contributed by atoms with E-state index in [1.54, 1.807) is 0 Å². The molecule has 0 spiro atoms. The van der Waals surface area contributed by atoms with Crippen LogP contribution in [0.2, 0.25) is 0 Å². The summed E-state index contributed by atoms with van der Waals surface area (Å²) in [5, 5.41) is 13.0. The molecular formula is C20H36N2O2. The van der Waals surface area contributed by atoms with Gasteiger partial charge in [-0.3, -0.25) is 4.79 Å². The predicted octanol–water partition coefficient (Wildman–Crippen LogP) is 3.11. The summed E-state index contributed by atoms with van der Waals surface area (Å²) in [6.45, 7) is 10.7. The van der Waals surface area contributed by atoms with Gasteiger partial charge in [-0.15, -0.1) is 0 Å². The molecule has 2 unspecified atom stereocenters. The van der Waals surface area contributed by atoms with Crippen LogP contribution >= 0.6 is 0 Å². The van der Waals surface area contributed by atoms with Crippen LogP contribution in [0.4, 0.5) is 0 Å². The molecule has 1 saturated heterocycles. The van der Waals surface area contributed by atoms with Crippen molar-refractivity contribution in [3.05, 3.63) is 11.6 Å². The Balaban J connectivity index is 1.94. The zero-order valence-electron chi connectivity index (χ0n) is 16.2. The van der Waals surface area contributed by atoms with Crippen molar-refractivity contribution >= 4 is 5.91 Å². The third-order valence-electron chi connectivity index (χ3n) is 6.11. The lowest BCUT2D eigenvalue weighted by atomic mass is 9.71. The lowest BCUT2D eigenvalue weighted by molar-refractivity contribution is -0.141. The number of amides is 1. The highest BCUT2D eigenvalue weighted by atomic mass is 16.3. The normalized spacial score (nSPS) is 25.5. The highest BCUT2D eigenvalue weighted by molar-refractivity contribution is 5.82. The summed E-state index contributed by atoms with van der Waals surface area (Å²) in [6, 6.07) is 0.340. The molecule has 1 amide bonds. The molecule has 0 aromatic carbocycles. The zero-order valence-corrected chi connectivity index (χ0v) is 16.2. The zero-order chi connectivity index (χ0) is 18.0. The number of rotatable bonds is 6. The molecule has 0 saturated carbocycles. The second kappa shape index (κ2) is 7.57. The van der Waals surface area contributed by atoms with Gasteiger partial charge < -0.3 is 15.3 Å². The van der Waals surface area contributed by atoms with Crippen LogP contribution in [0.5, 0.6) is 0 Å². The van der Waals surface area contributed by atoms with E-state index in [4.69, 9.17) is 0 Å². The lowest BCUT2D eigenvalue weighted by Gasteiger charge is -2.37. The number of nitrogens with zero attached hydrogens (tertiary/aromatic N) is 1. The molecule has 0 aromatic rings. The number of carbonyl (C=O) groups excluding carboxylic acids is 1. The quantitative estimate of drug-likeness (QED) is 0.733. The molecule has 0 aromatic heterocycles. The molecule has 1 fully saturated rings. The summed E-state index contributed by atoms with van der Waals surface area (Å²) in [6.07, 6.45) is 7.63. The molecule has 2 aliphatic rings. The number of allylic oxidation sites excluding steroid dienone is 1. The number of carbonyl (C=O) groups is 1. The molecule has 24 heavy (non-hydrogen) atoms. The van der Waals surface area contributed by atoms with Crippen molar-refractivity contribution in [2.45, 2.75) is 78.4 Å². The van der Waals surface area contributed by atoms with E-state index in [2.05, 4.69) is 39.1 Å². The second-order valence-corrected chi connectivity index (χ2v) is 8.99. The van der Waals surface area contributed by atoms with Crippen LogP contribution in [0.15, 0.2) is 11.6 Å². The van der Waals surface area contributed by atoms with Crippen LogP contribution < -0.4 is 5.32 Å². The van der Waals surface area contributed by atoms with Crippen molar-refractivity contribution in [3.8, 4) is 0 Å². The van der Waals surface area contributed by atoms with Crippen molar-refractivity contribution < 1.29 is 9.90 Å². The molecule has 1 aliphatic heterocycles. The number of aliphatic hydroxyl groups excluding tert-OH is 1. The average molecular weight is 337 g/mol. The summed E-state index contributed by atoms with van der Waals surface area (Å²) in [7, 11) is 1.96. The second-order valence-electron chi connectivity index (χ2n) is 8.99. The van der Waals surface area contributed by atoms with Gasteiger partial charge >= 0.3 is 0 Å². The first kappa shape index (κ1) is 19.5. The summed E-state index contributed by atoms with van der Waals surface area (Å²) in [5.41, 5.74) is 1.22. The molecule has 1 aliphatic carbocycles. The van der Waals surface area contributed by atoms with Crippen LogP contribution in [0.25, 0.3) is 0 Å². The van der Waals surface area contributed by atoms with E-state index in [9.17, 15) is 9.90 Å². The fraction of sp³-hybridized carbons (Fsp3) is 0.850. The lowest BCUT2D eigenvalue weighted by Crippen LogP contribution is -2.45. The Kier molecular flexibility index (Phi) is 6.14. The van der Waals surface area contributed by atoms with Crippen LogP contribution in [0, 0.1) is 10.8 Å². The maximum absolute atomic E-state index is 12.9. The van der Waals surface area contributed by atoms with E-state index in [-0.39, 0.29) is 22.8 Å². The van der Waals surface area contributed by atoms with Gasteiger partial charge in [0, 0.05) is 25.0 Å². The first-order valence-electron chi connectivity index (χ1n) is 9.49. The van der Waals surface area contributed by atoms with E-state index in [1.807, 2.05) is 11.9 Å². The molecule has 138 valence electrons. The third-order valence-corrected chi connectivity index (χ3v) is 6.11. The van der Waals surface area contributed by atoms with Gasteiger partial charge in [-0.05, 0) is 50.5 Å². The molecule has 0 bridgehead atoms. The standard InChI is InChI=1S/C20H36N2O2/c1-19(2,15-6-8-17(23)9-7-15)11-12-20(3,4)18(24)22(5)16-10-13-21-14-16/h6,16-17,21,23H,7-14H2,1-5H3. The number of likely N-dealkylation sites (N-methyl/N-ethyl adjacent to an activating group) is 1. The number of hydrogen-bond donors (Lipinski definition) is 2. The Morgan fingerprint density at radius 2 is 2.00 bits per heavy atom. The van der Waals surface area contributed by atoms with E-state index in [1.165, 1.54) is 5.57 Å². The van der Waals surface area contributed by atoms with Gasteiger partial charge in [-0.2, -0.15) is 0 Å². The molecule has 4 heteroatoms. The molecule has 4 nitrogen and oxygen atoms in total. The number of hydrogen-bond acceptors (Lipinski definition) is 3. The van der Waals surface area contributed by atoms with Crippen LogP contribution in [0.3, 0.4) is 0 Å². The van der Waals surface area contributed by atoms with Gasteiger partial charge in [-0.1, -0.05) is 39.3 Å². The SMILES string of the molecule is CN(C(=O)C(C)(C)CCC(C)(C)C1=CCC(O)CC1)C1CCNC1. The smallest absolute Gasteiger partial charge is 0.228 e. The Hall–Kier alpha value is -0.870. The molecule has 2 rings (SSSR count). The molecule has 0 radical (unpaired) electrons. The van der Waals surface area contributed by atoms with Gasteiger partial charge in [-0.25, -0.2) is 0 Å². The van der Waals surface area contributed by atoms with E-state index >= 15 is 0 Å². The van der Waals surface area contributed by atoms with Gasteiger partial charge in [0.15, 0.2) is 0 Å². The highest BCUT2D eigenvalue weighted by Crippen LogP contribution is 2.41.